The van der Waals surface area contributed by atoms with E-state index >= 15 is 0 Å². The van der Waals surface area contributed by atoms with Gasteiger partial charge >= 0.3 is 0 Å². The summed E-state index contributed by atoms with van der Waals surface area (Å²) in [6.45, 7) is 0. The van der Waals surface area contributed by atoms with Crippen molar-refractivity contribution in [2.24, 2.45) is 5.73 Å². The third kappa shape index (κ3) is 0.845. The number of halogens is 2. The predicted octanol–water partition coefficient (Wildman–Crippen LogP) is 1.27. The fourth-order valence-electron chi connectivity index (χ4n) is 1.25. The highest BCUT2D eigenvalue weighted by molar-refractivity contribution is 5.33. The highest BCUT2D eigenvalue weighted by Crippen LogP contribution is 2.57. The van der Waals surface area contributed by atoms with Crippen molar-refractivity contribution >= 4 is 0 Å². The van der Waals surface area contributed by atoms with Gasteiger partial charge in [0.15, 0.2) is 0 Å². The van der Waals surface area contributed by atoms with Crippen LogP contribution in [0.2, 0.25) is 0 Å². The highest BCUT2D eigenvalue weighted by atomic mass is 19.3. The summed E-state index contributed by atoms with van der Waals surface area (Å²) in [5, 5.41) is 0. The Morgan fingerprint density at radius 3 is 2.58 bits per heavy atom. The van der Waals surface area contributed by atoms with Crippen LogP contribution >= 0.6 is 0 Å². The second kappa shape index (κ2) is 2.01. The molecule has 4 heteroatoms. The molecule has 1 fully saturated rings. The molecule has 1 aromatic rings. The van der Waals surface area contributed by atoms with Gasteiger partial charge in [0.2, 0.25) is 0 Å². The molecule has 2 rings (SSSR count). The van der Waals surface area contributed by atoms with Crippen molar-refractivity contribution < 1.29 is 8.78 Å². The molecular formula is C8H8F2N2. The molecule has 0 radical (unpaired) electrons. The van der Waals surface area contributed by atoms with Crippen molar-refractivity contribution in [3.8, 4) is 0 Å². The molecule has 2 N–H and O–H groups in total. The van der Waals surface area contributed by atoms with E-state index < -0.39 is 11.5 Å². The molecule has 0 aliphatic heterocycles. The van der Waals surface area contributed by atoms with Crippen LogP contribution in [0.1, 0.15) is 12.0 Å². The summed E-state index contributed by atoms with van der Waals surface area (Å²) in [6.07, 6.45) is 2.65. The number of hydrogen-bond donors (Lipinski definition) is 1. The lowest BCUT2D eigenvalue weighted by molar-refractivity contribution is 0.0890. The first-order valence-corrected chi connectivity index (χ1v) is 3.63. The van der Waals surface area contributed by atoms with Crippen molar-refractivity contribution in [2.45, 2.75) is 17.9 Å². The van der Waals surface area contributed by atoms with Gasteiger partial charge < -0.3 is 5.73 Å². The maximum absolute atomic E-state index is 12.7. The summed E-state index contributed by atoms with van der Waals surface area (Å²) in [5.74, 6) is -2.75. The van der Waals surface area contributed by atoms with Crippen LogP contribution in [0.4, 0.5) is 8.78 Å². The monoisotopic (exact) mass is 170 g/mol. The van der Waals surface area contributed by atoms with Crippen LogP contribution < -0.4 is 5.73 Å². The number of pyridine rings is 1. The van der Waals surface area contributed by atoms with E-state index in [2.05, 4.69) is 4.98 Å². The minimum absolute atomic E-state index is 0.272. The highest BCUT2D eigenvalue weighted by Gasteiger charge is 2.70. The molecular weight excluding hydrogens is 162 g/mol. The lowest BCUT2D eigenvalue weighted by Gasteiger charge is -2.08. The van der Waals surface area contributed by atoms with Crippen LogP contribution in [0.15, 0.2) is 24.5 Å². The molecule has 1 aromatic heterocycles. The van der Waals surface area contributed by atoms with Crippen molar-refractivity contribution in [2.75, 3.05) is 0 Å². The van der Waals surface area contributed by atoms with Gasteiger partial charge in [-0.2, -0.15) is 0 Å². The minimum atomic E-state index is -2.75. The van der Waals surface area contributed by atoms with Crippen LogP contribution in [0.5, 0.6) is 0 Å². The van der Waals surface area contributed by atoms with Crippen LogP contribution in [0.25, 0.3) is 0 Å². The Balaban J connectivity index is 2.35. The Hall–Kier alpha value is -1.03. The molecule has 2 nitrogen and oxygen atoms in total. The predicted molar refractivity (Wildman–Crippen MR) is 39.7 cm³/mol. The van der Waals surface area contributed by atoms with E-state index in [9.17, 15) is 8.78 Å². The van der Waals surface area contributed by atoms with Gasteiger partial charge in [-0.05, 0) is 11.6 Å². The van der Waals surface area contributed by atoms with Crippen molar-refractivity contribution in [1.82, 2.24) is 4.98 Å². The molecule has 64 valence electrons. The number of aromatic nitrogens is 1. The van der Waals surface area contributed by atoms with E-state index in [0.29, 0.717) is 5.56 Å². The quantitative estimate of drug-likeness (QED) is 0.689. The first-order valence-electron chi connectivity index (χ1n) is 3.63. The second-order valence-electron chi connectivity index (χ2n) is 3.09. The van der Waals surface area contributed by atoms with Gasteiger partial charge in [-0.15, -0.1) is 0 Å². The molecule has 0 saturated heterocycles. The van der Waals surface area contributed by atoms with Crippen molar-refractivity contribution in [3.63, 3.8) is 0 Å². The standard InChI is InChI=1S/C8H8F2N2/c9-8(10)5-7(8,11)6-2-1-3-12-4-6/h1-4H,5,11H2. The smallest absolute Gasteiger partial charge is 0.272 e. The molecule has 1 atom stereocenters. The molecule has 1 aliphatic rings. The van der Waals surface area contributed by atoms with Crippen LogP contribution in [-0.2, 0) is 5.54 Å². The largest absolute Gasteiger partial charge is 0.316 e. The molecule has 0 bridgehead atoms. The molecule has 1 unspecified atom stereocenters. The first-order chi connectivity index (χ1) is 5.56. The van der Waals surface area contributed by atoms with Gasteiger partial charge in [0.05, 0.1) is 0 Å². The second-order valence-corrected chi connectivity index (χ2v) is 3.09. The Labute approximate surface area is 68.4 Å². The molecule has 12 heavy (non-hydrogen) atoms. The maximum atomic E-state index is 12.7. The van der Waals surface area contributed by atoms with Gasteiger partial charge in [0.25, 0.3) is 5.92 Å². The summed E-state index contributed by atoms with van der Waals surface area (Å²) in [5.41, 5.74) is 4.41. The lowest BCUT2D eigenvalue weighted by atomic mass is 10.1. The lowest BCUT2D eigenvalue weighted by Crippen LogP contribution is -2.27. The maximum Gasteiger partial charge on any atom is 0.272 e. The normalized spacial score (nSPS) is 31.6. The van der Waals surface area contributed by atoms with E-state index in [4.69, 9.17) is 5.73 Å². The zero-order chi connectivity index (χ0) is 8.82. The third-order valence-corrected chi connectivity index (χ3v) is 2.21. The first kappa shape index (κ1) is 7.61. The molecule has 0 spiro atoms. The minimum Gasteiger partial charge on any atom is -0.316 e. The van der Waals surface area contributed by atoms with E-state index in [1.807, 2.05) is 0 Å². The fraction of sp³-hybridized carbons (Fsp3) is 0.375. The molecule has 0 aromatic carbocycles. The number of alkyl halides is 2. The number of nitrogens with two attached hydrogens (primary N) is 1. The van der Waals surface area contributed by atoms with Crippen molar-refractivity contribution in [1.29, 1.82) is 0 Å². The zero-order valence-corrected chi connectivity index (χ0v) is 6.30. The van der Waals surface area contributed by atoms with Gasteiger partial charge in [-0.3, -0.25) is 4.98 Å². The average molecular weight is 170 g/mol. The summed E-state index contributed by atoms with van der Waals surface area (Å²) in [6, 6.07) is 3.19. The van der Waals surface area contributed by atoms with E-state index in [0.717, 1.165) is 0 Å². The molecule has 1 saturated carbocycles. The molecule has 0 amide bonds. The number of hydrogen-bond acceptors (Lipinski definition) is 2. The SMILES string of the molecule is NC1(c2cccnc2)CC1(F)F. The third-order valence-electron chi connectivity index (χ3n) is 2.21. The van der Waals surface area contributed by atoms with E-state index in [1.54, 1.807) is 12.1 Å². The van der Waals surface area contributed by atoms with E-state index in [-0.39, 0.29) is 6.42 Å². The van der Waals surface area contributed by atoms with Crippen LogP contribution in [0, 0.1) is 0 Å². The summed E-state index contributed by atoms with van der Waals surface area (Å²) >= 11 is 0. The average Bonchev–Trinajstić information content (AvgIpc) is 2.55. The molecule has 1 aliphatic carbocycles. The van der Waals surface area contributed by atoms with Gasteiger partial charge in [-0.1, -0.05) is 6.07 Å². The van der Waals surface area contributed by atoms with Gasteiger partial charge in [-0.25, -0.2) is 8.78 Å². The summed E-state index contributed by atoms with van der Waals surface area (Å²) in [7, 11) is 0. The number of nitrogens with zero attached hydrogens (tertiary/aromatic N) is 1. The Bertz CT molecular complexity index is 299. The topological polar surface area (TPSA) is 38.9 Å². The van der Waals surface area contributed by atoms with Crippen LogP contribution in [0.3, 0.4) is 0 Å². The van der Waals surface area contributed by atoms with Gasteiger partial charge in [0.1, 0.15) is 5.54 Å². The Kier molecular flexibility index (Phi) is 1.28. The number of rotatable bonds is 1. The summed E-state index contributed by atoms with van der Waals surface area (Å²) in [4.78, 5) is 3.74. The van der Waals surface area contributed by atoms with Crippen LogP contribution in [-0.4, -0.2) is 10.9 Å². The fourth-order valence-corrected chi connectivity index (χ4v) is 1.25. The van der Waals surface area contributed by atoms with Gasteiger partial charge in [0, 0.05) is 18.8 Å². The zero-order valence-electron chi connectivity index (χ0n) is 6.30. The Morgan fingerprint density at radius 1 is 1.50 bits per heavy atom. The summed E-state index contributed by atoms with van der Waals surface area (Å²) < 4.78 is 25.4. The van der Waals surface area contributed by atoms with Crippen molar-refractivity contribution in [3.05, 3.63) is 30.1 Å². The van der Waals surface area contributed by atoms with E-state index in [1.165, 1.54) is 12.4 Å². The Morgan fingerprint density at radius 2 is 2.17 bits per heavy atom. The molecule has 1 heterocycles.